The van der Waals surface area contributed by atoms with Crippen LogP contribution in [0.25, 0.3) is 0 Å². The van der Waals surface area contributed by atoms with Gasteiger partial charge in [-0.3, -0.25) is 0 Å². The Morgan fingerprint density at radius 3 is 2.28 bits per heavy atom. The van der Waals surface area contributed by atoms with Crippen LogP contribution >= 0.6 is 0 Å². The van der Waals surface area contributed by atoms with Gasteiger partial charge in [0.1, 0.15) is 11.6 Å². The van der Waals surface area contributed by atoms with Gasteiger partial charge in [0.15, 0.2) is 0 Å². The summed E-state index contributed by atoms with van der Waals surface area (Å²) in [4.78, 5) is 5.94. The molecule has 2 heterocycles. The number of pyridine rings is 1. The predicted octanol–water partition coefficient (Wildman–Crippen LogP) is 4.00. The van der Waals surface area contributed by atoms with E-state index in [2.05, 4.69) is 10.3 Å². The van der Waals surface area contributed by atoms with Gasteiger partial charge in [0, 0.05) is 31.9 Å². The number of nitrogens with zero attached hydrogens (tertiary/aromatic N) is 2. The first-order valence-corrected chi connectivity index (χ1v) is 8.18. The highest BCUT2D eigenvalue weighted by atomic mass is 19.4. The minimum atomic E-state index is -4.36. The fourth-order valence-corrected chi connectivity index (χ4v) is 2.92. The second-order valence-electron chi connectivity index (χ2n) is 6.17. The zero-order valence-electron chi connectivity index (χ0n) is 13.6. The molecule has 7 heteroatoms. The number of anilines is 1. The fourth-order valence-electron chi connectivity index (χ4n) is 2.92. The van der Waals surface area contributed by atoms with Crippen LogP contribution in [0.15, 0.2) is 42.6 Å². The lowest BCUT2D eigenvalue weighted by Gasteiger charge is -2.33. The van der Waals surface area contributed by atoms with Crippen molar-refractivity contribution in [2.24, 2.45) is 0 Å². The van der Waals surface area contributed by atoms with Gasteiger partial charge in [0.05, 0.1) is 5.56 Å². The molecule has 0 spiro atoms. The highest BCUT2D eigenvalue weighted by molar-refractivity contribution is 5.40. The summed E-state index contributed by atoms with van der Waals surface area (Å²) in [7, 11) is 0. The lowest BCUT2D eigenvalue weighted by atomic mass is 10.0. The molecule has 0 bridgehead atoms. The lowest BCUT2D eigenvalue weighted by Crippen LogP contribution is -2.42. The van der Waals surface area contributed by atoms with Crippen molar-refractivity contribution in [1.29, 1.82) is 0 Å². The summed E-state index contributed by atoms with van der Waals surface area (Å²) in [5.41, 5.74) is 0.292. The van der Waals surface area contributed by atoms with Crippen LogP contribution in [0, 0.1) is 5.82 Å². The molecule has 0 atom stereocenters. The Morgan fingerprint density at radius 1 is 1.04 bits per heavy atom. The molecule has 1 saturated heterocycles. The third-order valence-corrected chi connectivity index (χ3v) is 4.40. The molecule has 25 heavy (non-hydrogen) atoms. The number of benzene rings is 1. The normalized spacial score (nSPS) is 16.2. The second-order valence-corrected chi connectivity index (χ2v) is 6.17. The number of piperidine rings is 1. The molecule has 0 radical (unpaired) electrons. The summed E-state index contributed by atoms with van der Waals surface area (Å²) in [6, 6.07) is 9.21. The van der Waals surface area contributed by atoms with Gasteiger partial charge in [-0.2, -0.15) is 13.2 Å². The van der Waals surface area contributed by atoms with E-state index in [1.165, 1.54) is 18.2 Å². The summed E-state index contributed by atoms with van der Waals surface area (Å²) < 4.78 is 50.6. The molecule has 1 aliphatic heterocycles. The van der Waals surface area contributed by atoms with E-state index in [4.69, 9.17) is 0 Å². The van der Waals surface area contributed by atoms with Crippen molar-refractivity contribution < 1.29 is 17.6 Å². The van der Waals surface area contributed by atoms with Crippen molar-refractivity contribution in [2.45, 2.75) is 31.6 Å². The van der Waals surface area contributed by atoms with E-state index in [1.807, 2.05) is 4.90 Å². The number of hydrogen-bond donors (Lipinski definition) is 1. The second kappa shape index (κ2) is 7.39. The summed E-state index contributed by atoms with van der Waals surface area (Å²) in [5, 5.41) is 3.44. The standard InChI is InChI=1S/C18H19F4N3/c19-15-4-1-13(2-5-15)11-23-16-7-9-25(10-8-16)17-6-3-14(12-24-17)18(20,21)22/h1-6,12,16,23H,7-11H2. The van der Waals surface area contributed by atoms with Crippen molar-refractivity contribution in [2.75, 3.05) is 18.0 Å². The minimum absolute atomic E-state index is 0.249. The van der Waals surface area contributed by atoms with Crippen molar-refractivity contribution in [3.63, 3.8) is 0 Å². The SMILES string of the molecule is Fc1ccc(CNC2CCN(c3ccc(C(F)(F)F)cn3)CC2)cc1. The molecule has 0 amide bonds. The van der Waals surface area contributed by atoms with Crippen molar-refractivity contribution in [3.05, 3.63) is 59.5 Å². The zero-order chi connectivity index (χ0) is 17.9. The zero-order valence-corrected chi connectivity index (χ0v) is 13.6. The van der Waals surface area contributed by atoms with Gasteiger partial charge in [0.2, 0.25) is 0 Å². The van der Waals surface area contributed by atoms with E-state index in [-0.39, 0.29) is 5.82 Å². The average molecular weight is 353 g/mol. The lowest BCUT2D eigenvalue weighted by molar-refractivity contribution is -0.137. The highest BCUT2D eigenvalue weighted by Crippen LogP contribution is 2.29. The van der Waals surface area contributed by atoms with E-state index >= 15 is 0 Å². The maximum Gasteiger partial charge on any atom is 0.417 e. The Kier molecular flexibility index (Phi) is 5.22. The van der Waals surface area contributed by atoms with Gasteiger partial charge in [0.25, 0.3) is 0 Å². The van der Waals surface area contributed by atoms with E-state index in [0.717, 1.165) is 43.8 Å². The maximum absolute atomic E-state index is 12.9. The number of alkyl halides is 3. The average Bonchev–Trinajstić information content (AvgIpc) is 2.61. The molecule has 1 aromatic heterocycles. The molecular formula is C18H19F4N3. The van der Waals surface area contributed by atoms with Crippen LogP contribution in [0.3, 0.4) is 0 Å². The maximum atomic E-state index is 12.9. The van der Waals surface area contributed by atoms with Crippen molar-refractivity contribution in [1.82, 2.24) is 10.3 Å². The van der Waals surface area contributed by atoms with Crippen LogP contribution in [0.5, 0.6) is 0 Å². The molecule has 0 aliphatic carbocycles. The van der Waals surface area contributed by atoms with E-state index in [0.29, 0.717) is 18.4 Å². The molecule has 0 unspecified atom stereocenters. The molecule has 3 nitrogen and oxygen atoms in total. The van der Waals surface area contributed by atoms with Gasteiger partial charge in [-0.05, 0) is 42.7 Å². The Labute approximate surface area is 143 Å². The Bertz CT molecular complexity index is 675. The molecule has 2 aromatic rings. The molecular weight excluding hydrogens is 334 g/mol. The summed E-state index contributed by atoms with van der Waals surface area (Å²) in [6.07, 6.45) is -1.72. The van der Waals surface area contributed by atoms with Crippen LogP contribution in [0.1, 0.15) is 24.0 Å². The predicted molar refractivity (Wildman–Crippen MR) is 87.7 cm³/mol. The first-order valence-electron chi connectivity index (χ1n) is 8.18. The van der Waals surface area contributed by atoms with E-state index in [1.54, 1.807) is 12.1 Å². The summed E-state index contributed by atoms with van der Waals surface area (Å²) in [5.74, 6) is 0.325. The first kappa shape index (κ1) is 17.7. The third-order valence-electron chi connectivity index (χ3n) is 4.40. The number of hydrogen-bond acceptors (Lipinski definition) is 3. The largest absolute Gasteiger partial charge is 0.417 e. The van der Waals surface area contributed by atoms with Gasteiger partial charge < -0.3 is 10.2 Å². The number of halogens is 4. The minimum Gasteiger partial charge on any atom is -0.357 e. The molecule has 1 fully saturated rings. The topological polar surface area (TPSA) is 28.2 Å². The molecule has 1 N–H and O–H groups in total. The van der Waals surface area contributed by atoms with Crippen LogP contribution in [-0.4, -0.2) is 24.1 Å². The molecule has 3 rings (SSSR count). The number of aromatic nitrogens is 1. The van der Waals surface area contributed by atoms with Gasteiger partial charge in [-0.25, -0.2) is 9.37 Å². The third kappa shape index (κ3) is 4.69. The molecule has 1 aliphatic rings. The number of nitrogens with one attached hydrogen (secondary N) is 1. The summed E-state index contributed by atoms with van der Waals surface area (Å²) >= 11 is 0. The Hall–Kier alpha value is -2.15. The monoisotopic (exact) mass is 353 g/mol. The smallest absolute Gasteiger partial charge is 0.357 e. The van der Waals surface area contributed by atoms with Crippen molar-refractivity contribution >= 4 is 5.82 Å². The number of rotatable bonds is 4. The Morgan fingerprint density at radius 2 is 1.72 bits per heavy atom. The molecule has 1 aromatic carbocycles. The van der Waals surface area contributed by atoms with Gasteiger partial charge in [-0.15, -0.1) is 0 Å². The highest BCUT2D eigenvalue weighted by Gasteiger charge is 2.31. The van der Waals surface area contributed by atoms with E-state index in [9.17, 15) is 17.6 Å². The van der Waals surface area contributed by atoms with Crippen molar-refractivity contribution in [3.8, 4) is 0 Å². The van der Waals surface area contributed by atoms with Crippen LogP contribution in [0.4, 0.5) is 23.4 Å². The fraction of sp³-hybridized carbons (Fsp3) is 0.389. The van der Waals surface area contributed by atoms with Crippen LogP contribution in [0.2, 0.25) is 0 Å². The quantitative estimate of drug-likeness (QED) is 0.842. The van der Waals surface area contributed by atoms with Crippen LogP contribution in [-0.2, 0) is 12.7 Å². The first-order chi connectivity index (χ1) is 11.9. The molecule has 0 saturated carbocycles. The molecule has 134 valence electrons. The Balaban J connectivity index is 1.49. The van der Waals surface area contributed by atoms with Gasteiger partial charge in [-0.1, -0.05) is 12.1 Å². The van der Waals surface area contributed by atoms with E-state index < -0.39 is 11.7 Å². The van der Waals surface area contributed by atoms with Crippen LogP contribution < -0.4 is 10.2 Å². The summed E-state index contributed by atoms with van der Waals surface area (Å²) in [6.45, 7) is 2.14. The van der Waals surface area contributed by atoms with Gasteiger partial charge >= 0.3 is 6.18 Å².